The van der Waals surface area contributed by atoms with E-state index in [4.69, 9.17) is 5.11 Å². The molecule has 0 aromatic rings. The van der Waals surface area contributed by atoms with Crippen LogP contribution >= 0.6 is 8.46 Å². The molecule has 0 aliphatic carbocycles. The van der Waals surface area contributed by atoms with E-state index in [9.17, 15) is 9.36 Å². The highest BCUT2D eigenvalue weighted by molar-refractivity contribution is 7.25. The van der Waals surface area contributed by atoms with Gasteiger partial charge < -0.3 is 9.67 Å². The van der Waals surface area contributed by atoms with Crippen molar-refractivity contribution < 1.29 is 14.5 Å². The minimum absolute atomic E-state index is 0.252. The Balaban J connectivity index is 3.21. The fourth-order valence-corrected chi connectivity index (χ4v) is 0.0962. The molecule has 3 nitrogen and oxygen atoms in total. The molecule has 0 aromatic heterocycles. The van der Waals surface area contributed by atoms with E-state index >= 15 is 0 Å². The van der Waals surface area contributed by atoms with E-state index in [0.717, 1.165) is 0 Å². The van der Waals surface area contributed by atoms with Gasteiger partial charge in [-0.25, -0.2) is 0 Å². The van der Waals surface area contributed by atoms with Crippen molar-refractivity contribution in [2.45, 2.75) is 5.85 Å². The summed E-state index contributed by atoms with van der Waals surface area (Å²) in [4.78, 5) is 9.31. The average molecular weight is 108 g/mol. The number of hydrogen-bond donors (Lipinski definition) is 1. The Morgan fingerprint density at radius 1 is 1.83 bits per heavy atom. The van der Waals surface area contributed by atoms with E-state index in [1.165, 1.54) is 0 Å². The molecule has 0 aromatic carbocycles. The zero-order valence-corrected chi connectivity index (χ0v) is 4.15. The smallest absolute Gasteiger partial charge is 0.157 e. The van der Waals surface area contributed by atoms with Gasteiger partial charge >= 0.3 is 0 Å². The predicted molar refractivity (Wildman–Crippen MR) is 22.5 cm³/mol. The first-order chi connectivity index (χ1) is 2.81. The number of rotatable bonds is 2. The zero-order valence-electron chi connectivity index (χ0n) is 3.00. The van der Waals surface area contributed by atoms with Gasteiger partial charge in [-0.1, -0.05) is 0 Å². The predicted octanol–water partition coefficient (Wildman–Crippen LogP) is -0.740. The van der Waals surface area contributed by atoms with Crippen LogP contribution in [0.25, 0.3) is 0 Å². The standard InChI is InChI=1S/C2H5O3P/c3-1-2(4)6-5/h1-2,4H,6H2. The molecule has 0 rings (SSSR count). The third kappa shape index (κ3) is 2.12. The molecule has 0 aliphatic heterocycles. The Morgan fingerprint density at radius 3 is 2.33 bits per heavy atom. The van der Waals surface area contributed by atoms with Crippen LogP contribution in [-0.4, -0.2) is 17.2 Å². The molecule has 2 unspecified atom stereocenters. The second-order valence-corrected chi connectivity index (χ2v) is 1.72. The molecule has 0 saturated heterocycles. The maximum atomic E-state index is 9.46. The molecule has 0 heterocycles. The zero-order chi connectivity index (χ0) is 4.99. The summed E-state index contributed by atoms with van der Waals surface area (Å²) < 4.78 is 9.46. The Kier molecular flexibility index (Phi) is 2.99. The molecule has 2 atom stereocenters. The van der Waals surface area contributed by atoms with E-state index in [1.54, 1.807) is 0 Å². The van der Waals surface area contributed by atoms with Crippen LogP contribution in [0.5, 0.6) is 0 Å². The fourth-order valence-electron chi connectivity index (χ4n) is 0.0321. The van der Waals surface area contributed by atoms with Gasteiger partial charge in [-0.15, -0.1) is 0 Å². The summed E-state index contributed by atoms with van der Waals surface area (Å²) in [6, 6.07) is 0. The van der Waals surface area contributed by atoms with E-state index < -0.39 is 14.3 Å². The molecule has 0 bridgehead atoms. The lowest BCUT2D eigenvalue weighted by Crippen LogP contribution is -1.93. The van der Waals surface area contributed by atoms with Crippen LogP contribution in [0.1, 0.15) is 0 Å². The van der Waals surface area contributed by atoms with Crippen LogP contribution in [-0.2, 0) is 9.36 Å². The van der Waals surface area contributed by atoms with E-state index in [2.05, 4.69) is 0 Å². The van der Waals surface area contributed by atoms with Crippen molar-refractivity contribution in [3.63, 3.8) is 0 Å². The quantitative estimate of drug-likeness (QED) is 0.374. The molecule has 0 saturated carbocycles. The lowest BCUT2D eigenvalue weighted by Gasteiger charge is -1.80. The molecule has 1 N–H and O–H groups in total. The SMILES string of the molecule is O=CC(O)[PH2]=O. The van der Waals surface area contributed by atoms with Gasteiger partial charge in [-0.05, 0) is 0 Å². The summed E-state index contributed by atoms with van der Waals surface area (Å²) in [6.07, 6.45) is 0.252. The Morgan fingerprint density at radius 2 is 2.33 bits per heavy atom. The molecule has 0 spiro atoms. The van der Waals surface area contributed by atoms with Crippen molar-refractivity contribution in [2.75, 3.05) is 0 Å². The fraction of sp³-hybridized carbons (Fsp3) is 0.500. The first kappa shape index (κ1) is 5.86. The number of carbonyl (C=O) groups is 1. The van der Waals surface area contributed by atoms with Gasteiger partial charge in [-0.2, -0.15) is 0 Å². The lowest BCUT2D eigenvalue weighted by molar-refractivity contribution is -0.111. The molecule has 6 heavy (non-hydrogen) atoms. The highest BCUT2D eigenvalue weighted by Crippen LogP contribution is 1.94. The summed E-state index contributed by atoms with van der Waals surface area (Å²) in [6.45, 7) is 0. The van der Waals surface area contributed by atoms with Gasteiger partial charge in [0.1, 0.15) is 0 Å². The van der Waals surface area contributed by atoms with Crippen LogP contribution in [0.4, 0.5) is 0 Å². The van der Waals surface area contributed by atoms with Gasteiger partial charge in [0.15, 0.2) is 12.1 Å². The van der Waals surface area contributed by atoms with Gasteiger partial charge in [-0.3, -0.25) is 4.79 Å². The first-order valence-corrected chi connectivity index (χ1v) is 2.53. The van der Waals surface area contributed by atoms with Crippen LogP contribution in [0, 0.1) is 0 Å². The molecule has 0 amide bonds. The molecule has 4 heteroatoms. The van der Waals surface area contributed by atoms with Gasteiger partial charge in [0.2, 0.25) is 0 Å². The average Bonchev–Trinajstić information content (AvgIpc) is 1.65. The summed E-state index contributed by atoms with van der Waals surface area (Å²) in [7, 11) is -1.33. The normalized spacial score (nSPS) is 15.5. The van der Waals surface area contributed by atoms with Crippen LogP contribution in [0.2, 0.25) is 0 Å². The van der Waals surface area contributed by atoms with Crippen molar-refractivity contribution in [3.8, 4) is 0 Å². The van der Waals surface area contributed by atoms with Crippen molar-refractivity contribution in [3.05, 3.63) is 0 Å². The molecule has 0 radical (unpaired) electrons. The Hall–Kier alpha value is -0.140. The minimum Gasteiger partial charge on any atom is -0.378 e. The first-order valence-electron chi connectivity index (χ1n) is 1.40. The maximum absolute atomic E-state index is 9.46. The number of hydrogen-bond acceptors (Lipinski definition) is 3. The maximum Gasteiger partial charge on any atom is 0.157 e. The van der Waals surface area contributed by atoms with Crippen molar-refractivity contribution in [1.82, 2.24) is 0 Å². The number of aliphatic hydroxyl groups is 1. The lowest BCUT2D eigenvalue weighted by atomic mass is 10.8. The van der Waals surface area contributed by atoms with E-state index in [0.29, 0.717) is 0 Å². The number of carbonyl (C=O) groups excluding carboxylic acids is 1. The summed E-state index contributed by atoms with van der Waals surface area (Å²) in [5.74, 6) is -1.22. The number of aliphatic hydroxyl groups excluding tert-OH is 1. The third-order valence-electron chi connectivity index (χ3n) is 0.279. The van der Waals surface area contributed by atoms with E-state index in [1.807, 2.05) is 0 Å². The second-order valence-electron chi connectivity index (χ2n) is 0.763. The van der Waals surface area contributed by atoms with Crippen molar-refractivity contribution >= 4 is 14.7 Å². The molecule has 36 valence electrons. The largest absolute Gasteiger partial charge is 0.378 e. The number of aldehydes is 1. The minimum atomic E-state index is -1.33. The molecular weight excluding hydrogens is 103 g/mol. The molecule has 0 fully saturated rings. The monoisotopic (exact) mass is 108 g/mol. The van der Waals surface area contributed by atoms with Crippen LogP contribution in [0.15, 0.2) is 0 Å². The summed E-state index contributed by atoms with van der Waals surface area (Å²) in [5.41, 5.74) is 0. The van der Waals surface area contributed by atoms with Crippen LogP contribution < -0.4 is 0 Å². The second kappa shape index (κ2) is 3.07. The highest BCUT2D eigenvalue weighted by atomic mass is 31.1. The van der Waals surface area contributed by atoms with Gasteiger partial charge in [0.05, 0.1) is 8.46 Å². The molecule has 0 aliphatic rings. The highest BCUT2D eigenvalue weighted by Gasteiger charge is 1.90. The summed E-state index contributed by atoms with van der Waals surface area (Å²) in [5, 5.41) is 8.02. The Bertz CT molecular complexity index is 53.8. The topological polar surface area (TPSA) is 54.4 Å². The van der Waals surface area contributed by atoms with Gasteiger partial charge in [0, 0.05) is 0 Å². The van der Waals surface area contributed by atoms with Gasteiger partial charge in [0.25, 0.3) is 0 Å². The third-order valence-corrected chi connectivity index (χ3v) is 0.715. The van der Waals surface area contributed by atoms with Crippen LogP contribution in [0.3, 0.4) is 0 Å². The molecular formula is C2H5O3P. The summed E-state index contributed by atoms with van der Waals surface area (Å²) >= 11 is 0. The van der Waals surface area contributed by atoms with Crippen molar-refractivity contribution in [1.29, 1.82) is 0 Å². The van der Waals surface area contributed by atoms with Crippen molar-refractivity contribution in [2.24, 2.45) is 0 Å². The Labute approximate surface area is 36.2 Å². The van der Waals surface area contributed by atoms with E-state index in [-0.39, 0.29) is 6.29 Å².